The Labute approximate surface area is 353 Å². The maximum Gasteiger partial charge on any atom is 0.213 e. The van der Waals surface area contributed by atoms with Crippen LogP contribution in [0.25, 0.3) is 71.6 Å². The molecule has 51 heavy (non-hydrogen) atoms. The van der Waals surface area contributed by atoms with Crippen molar-refractivity contribution in [3.63, 3.8) is 0 Å². The van der Waals surface area contributed by atoms with Crippen LogP contribution in [0.4, 0.5) is 0 Å². The summed E-state index contributed by atoms with van der Waals surface area (Å²) in [6.45, 7) is 0. The Morgan fingerprint density at radius 1 is 0.529 bits per heavy atom. The van der Waals surface area contributed by atoms with Gasteiger partial charge in [-0.2, -0.15) is 0 Å². The maximum absolute atomic E-state index is 6.21. The predicted octanol–water partition coefficient (Wildman–Crippen LogP) is 15.5. The Balaban J connectivity index is 0.000000140. The molecule has 4 heterocycles. The molecule has 0 fully saturated rings. The van der Waals surface area contributed by atoms with Gasteiger partial charge in [0.25, 0.3) is 0 Å². The summed E-state index contributed by atoms with van der Waals surface area (Å²) in [7, 11) is 0. The van der Waals surface area contributed by atoms with Crippen molar-refractivity contribution in [2.45, 2.75) is 0 Å². The van der Waals surface area contributed by atoms with Crippen LogP contribution in [-0.4, -0.2) is 19.4 Å². The van der Waals surface area contributed by atoms with E-state index < -0.39 is 0 Å². The number of furan rings is 2. The van der Waals surface area contributed by atoms with Crippen LogP contribution in [0.1, 0.15) is 0 Å². The smallest absolute Gasteiger partial charge is 0.213 e. The van der Waals surface area contributed by atoms with Crippen LogP contribution in [0.3, 0.4) is 0 Å². The Morgan fingerprint density at radius 2 is 1.06 bits per heavy atom. The molecule has 0 aliphatic rings. The highest BCUT2D eigenvalue weighted by Gasteiger charge is 2.19. The summed E-state index contributed by atoms with van der Waals surface area (Å²) in [5, 5.41) is 7.03. The first kappa shape index (κ1) is 37.9. The zero-order valence-corrected chi connectivity index (χ0v) is 37.2. The Bertz CT molecular complexity index is 2680. The molecule has 0 saturated heterocycles. The number of aromatic amines is 1. The summed E-state index contributed by atoms with van der Waals surface area (Å²) in [6, 6.07) is 49.5. The second-order valence-electron chi connectivity index (χ2n) is 11.0. The fourth-order valence-electron chi connectivity index (χ4n) is 6.07. The van der Waals surface area contributed by atoms with Crippen LogP contribution in [0.5, 0.6) is 0 Å². The largest absolute Gasteiger partial charge is 0.440 e. The number of fused-ring (bicyclic) bond motifs is 10. The molecule has 256 valence electrons. The van der Waals surface area contributed by atoms with Gasteiger partial charge >= 0.3 is 0 Å². The number of para-hydroxylation sites is 3. The highest BCUT2D eigenvalue weighted by Crippen LogP contribution is 2.40. The number of hydrogen-bond donors (Lipinski definition) is 1. The van der Waals surface area contributed by atoms with Crippen molar-refractivity contribution >= 4 is 166 Å². The average Bonchev–Trinajstić information content (AvgIpc) is 3.91. The van der Waals surface area contributed by atoms with E-state index in [4.69, 9.17) is 8.83 Å². The molecule has 0 radical (unpaired) electrons. The molecular weight excluding hydrogens is 1100 g/mol. The molecule has 4 nitrogen and oxygen atoms in total. The third-order valence-corrected chi connectivity index (χ3v) is 9.80. The summed E-state index contributed by atoms with van der Waals surface area (Å²) >= 11 is 13.7. The van der Waals surface area contributed by atoms with Crippen LogP contribution in [-0.2, 0) is 0 Å². The van der Waals surface area contributed by atoms with E-state index in [2.05, 4.69) is 194 Å². The van der Waals surface area contributed by atoms with Gasteiger partial charge in [0.1, 0.15) is 11.2 Å². The molecule has 10 aromatic rings. The van der Waals surface area contributed by atoms with E-state index in [0.29, 0.717) is 0 Å². The highest BCUT2D eigenvalue weighted by molar-refractivity contribution is 14.1. The topological polar surface area (TPSA) is 47.0 Å². The van der Waals surface area contributed by atoms with E-state index in [1.54, 1.807) is 0 Å². The fraction of sp³-hybridized carbons (Fsp3) is 0.0476. The molecule has 0 aliphatic carbocycles. The number of aromatic nitrogens is 2. The number of H-pyrrole nitrogens is 1. The molecule has 4 aromatic heterocycles. The number of hydrogen-bond acceptors (Lipinski definition) is 2. The van der Waals surface area contributed by atoms with Crippen molar-refractivity contribution in [3.05, 3.63) is 158 Å². The van der Waals surface area contributed by atoms with E-state index in [0.717, 1.165) is 64.4 Å². The second-order valence-corrected chi connectivity index (χ2v) is 14.1. The van der Waals surface area contributed by atoms with Gasteiger partial charge in [-0.3, -0.25) is 4.57 Å². The lowest BCUT2D eigenvalue weighted by atomic mass is 10.1. The number of benzene rings is 6. The van der Waals surface area contributed by atoms with Crippen LogP contribution in [0, 0.1) is 3.57 Å². The van der Waals surface area contributed by atoms with Crippen LogP contribution in [0.15, 0.2) is 163 Å². The highest BCUT2D eigenvalue weighted by atomic mass is 127. The fourth-order valence-corrected chi connectivity index (χ4v) is 7.20. The summed E-state index contributed by atoms with van der Waals surface area (Å²) in [5.74, 6) is 0. The van der Waals surface area contributed by atoms with Crippen molar-refractivity contribution in [2.24, 2.45) is 0 Å². The van der Waals surface area contributed by atoms with Crippen molar-refractivity contribution < 1.29 is 8.83 Å². The molecule has 6 aromatic carbocycles. The molecule has 0 bridgehead atoms. The van der Waals surface area contributed by atoms with Crippen molar-refractivity contribution in [1.82, 2.24) is 9.55 Å². The standard InChI is InChI=1S/C20H12BrNO.C14H8BrNO.C6H5I.2CH3I/c21-13-10-11-17-16(12-13)19-15-8-4-5-9-18(15)23-20(19)22(17)14-6-2-1-3-7-14;15-8-5-6-11-10(7-8)13-9-3-1-2-4-12(9)17-14(13)16-11;7-6-4-2-1-3-5-6;2*1-2/h1-12H;1-7,16H;1-5H;2*1H3. The van der Waals surface area contributed by atoms with E-state index in [1.165, 1.54) is 19.7 Å². The molecule has 0 spiro atoms. The summed E-state index contributed by atoms with van der Waals surface area (Å²) in [4.78, 5) is 7.25. The summed E-state index contributed by atoms with van der Waals surface area (Å²) < 4.78 is 17.7. The van der Waals surface area contributed by atoms with E-state index in [-0.39, 0.29) is 0 Å². The minimum atomic E-state index is 0.847. The van der Waals surface area contributed by atoms with Gasteiger partial charge in [0.15, 0.2) is 0 Å². The van der Waals surface area contributed by atoms with Gasteiger partial charge in [0, 0.05) is 45.3 Å². The van der Waals surface area contributed by atoms with Gasteiger partial charge in [-0.05, 0) is 105 Å². The van der Waals surface area contributed by atoms with E-state index >= 15 is 0 Å². The molecule has 1 N–H and O–H groups in total. The minimum absolute atomic E-state index is 0.847. The molecule has 0 amide bonds. The number of nitrogens with one attached hydrogen (secondary N) is 1. The van der Waals surface area contributed by atoms with Crippen LogP contribution in [0.2, 0.25) is 0 Å². The molecule has 0 aliphatic heterocycles. The molecule has 0 atom stereocenters. The molecule has 10 rings (SSSR count). The quantitative estimate of drug-likeness (QED) is 0.132. The second kappa shape index (κ2) is 17.8. The molecule has 9 heteroatoms. The number of rotatable bonds is 1. The average molecular weight is 1140 g/mol. The number of halogens is 5. The van der Waals surface area contributed by atoms with Gasteiger partial charge in [-0.25, -0.2) is 0 Å². The molecule has 0 unspecified atom stereocenters. The monoisotopic (exact) mass is 1130 g/mol. The van der Waals surface area contributed by atoms with Gasteiger partial charge < -0.3 is 13.8 Å². The lowest BCUT2D eigenvalue weighted by Crippen LogP contribution is -1.92. The maximum atomic E-state index is 6.21. The molecular formula is C42H31Br2I3N2O2. The number of nitrogens with zero attached hydrogens (tertiary/aromatic N) is 1. The van der Waals surface area contributed by atoms with Crippen LogP contribution >= 0.6 is 99.6 Å². The number of alkyl halides is 2. The third kappa shape index (κ3) is 8.07. The van der Waals surface area contributed by atoms with E-state index in [1.807, 2.05) is 70.5 Å². The van der Waals surface area contributed by atoms with Crippen LogP contribution < -0.4 is 0 Å². The first-order valence-corrected chi connectivity index (χ1v) is 22.7. The summed E-state index contributed by atoms with van der Waals surface area (Å²) in [6.07, 6.45) is 0. The normalized spacial score (nSPS) is 10.6. The first-order valence-electron chi connectivity index (χ1n) is 15.8. The summed E-state index contributed by atoms with van der Waals surface area (Å²) in [5.41, 5.74) is 6.95. The zero-order valence-electron chi connectivity index (χ0n) is 27.5. The predicted molar refractivity (Wildman–Crippen MR) is 251 cm³/mol. The van der Waals surface area contributed by atoms with Gasteiger partial charge in [0.2, 0.25) is 11.4 Å². The SMILES string of the molecule is Brc1ccc2[nH]c3oc4ccccc4c3c2c1.Brc1ccc2c(c1)c1c3ccccc3oc1n2-c1ccccc1.CI.CI.Ic1ccccc1. The van der Waals surface area contributed by atoms with Crippen molar-refractivity contribution in [1.29, 1.82) is 0 Å². The van der Waals surface area contributed by atoms with Gasteiger partial charge in [-0.15, -0.1) is 0 Å². The van der Waals surface area contributed by atoms with Gasteiger partial charge in [0.05, 0.1) is 16.3 Å². The third-order valence-electron chi connectivity index (χ3n) is 8.09. The Hall–Kier alpha value is -2.85. The Morgan fingerprint density at radius 3 is 1.69 bits per heavy atom. The van der Waals surface area contributed by atoms with Crippen molar-refractivity contribution in [3.8, 4) is 5.69 Å². The van der Waals surface area contributed by atoms with Crippen molar-refractivity contribution in [2.75, 3.05) is 9.86 Å². The lowest BCUT2D eigenvalue weighted by Gasteiger charge is -2.05. The molecule has 0 saturated carbocycles. The van der Waals surface area contributed by atoms with Gasteiger partial charge in [-0.1, -0.05) is 150 Å². The lowest BCUT2D eigenvalue weighted by molar-refractivity contribution is 0.645. The zero-order chi connectivity index (χ0) is 35.9. The first-order chi connectivity index (χ1) is 25.0. The van der Waals surface area contributed by atoms with E-state index in [9.17, 15) is 0 Å². The Kier molecular flexibility index (Phi) is 13.2. The minimum Gasteiger partial charge on any atom is -0.440 e.